The molecule has 0 aliphatic carbocycles. The van der Waals surface area contributed by atoms with Crippen LogP contribution in [-0.4, -0.2) is 42.6 Å². The summed E-state index contributed by atoms with van der Waals surface area (Å²) in [4.78, 5) is 15.0. The van der Waals surface area contributed by atoms with Gasteiger partial charge in [-0.25, -0.2) is 4.57 Å². The number of ether oxygens (including phenoxy) is 1. The summed E-state index contributed by atoms with van der Waals surface area (Å²) in [5, 5.41) is 14.0. The minimum absolute atomic E-state index is 0.898. The number of aromatic nitrogens is 2. The van der Waals surface area contributed by atoms with E-state index in [2.05, 4.69) is 57.2 Å². The number of aromatic amines is 1. The summed E-state index contributed by atoms with van der Waals surface area (Å²) in [6, 6.07) is 12.9. The number of carboxylic acid groups (broad SMARTS) is 1. The molecule has 2 aromatic heterocycles. The number of piperidine rings is 1. The van der Waals surface area contributed by atoms with Gasteiger partial charge in [-0.2, -0.15) is 0 Å². The highest BCUT2D eigenvalue weighted by atomic mass is 16.5. The number of hydrogen-bond acceptors (Lipinski definition) is 4. The van der Waals surface area contributed by atoms with Crippen molar-refractivity contribution in [1.82, 2.24) is 9.88 Å². The number of H-pyrrole nitrogens is 1. The Balaban J connectivity index is 0.000000535. The highest BCUT2D eigenvalue weighted by Gasteiger charge is 2.15. The normalized spacial score (nSPS) is 14.5. The van der Waals surface area contributed by atoms with E-state index < -0.39 is 5.97 Å². The van der Waals surface area contributed by atoms with Gasteiger partial charge < -0.3 is 19.6 Å². The van der Waals surface area contributed by atoms with Gasteiger partial charge in [0.15, 0.2) is 18.9 Å². The van der Waals surface area contributed by atoms with E-state index in [4.69, 9.17) is 14.6 Å². The van der Waals surface area contributed by atoms with Gasteiger partial charge in [0.2, 0.25) is 0 Å². The smallest absolute Gasteiger partial charge is 0.177 e. The van der Waals surface area contributed by atoms with Crippen LogP contribution in [0, 0.1) is 0 Å². The third kappa shape index (κ3) is 4.80. The number of rotatable bonds is 4. The molecule has 162 valence electrons. The zero-order valence-electron chi connectivity index (χ0n) is 18.2. The molecular weight excluding hydrogens is 390 g/mol. The Morgan fingerprint density at radius 2 is 1.84 bits per heavy atom. The van der Waals surface area contributed by atoms with Crippen molar-refractivity contribution in [2.45, 2.75) is 32.7 Å². The molecule has 3 heterocycles. The average molecular weight is 420 g/mol. The molecule has 1 aliphatic rings. The number of carbonyl (C=O) groups is 1. The van der Waals surface area contributed by atoms with Gasteiger partial charge in [-0.05, 0) is 62.5 Å². The first kappa shape index (κ1) is 21.1. The van der Waals surface area contributed by atoms with E-state index in [0.717, 1.165) is 31.3 Å². The third-order valence-electron chi connectivity index (χ3n) is 5.91. The number of carboxylic acids is 1. The SMILES string of the molecule is CC(=O)[O-].COc1ccc2[nH]c3ccc4cc[n+](CCN5CCCCC5)cc4c3c2c1. The number of benzene rings is 2. The molecule has 0 saturated carbocycles. The number of hydrogen-bond donors (Lipinski definition) is 1. The Kier molecular flexibility index (Phi) is 6.37. The van der Waals surface area contributed by atoms with Crippen molar-refractivity contribution >= 4 is 38.5 Å². The van der Waals surface area contributed by atoms with Crippen LogP contribution in [0.2, 0.25) is 0 Å². The summed E-state index contributed by atoms with van der Waals surface area (Å²) < 4.78 is 7.80. The van der Waals surface area contributed by atoms with E-state index in [9.17, 15) is 0 Å². The molecule has 0 amide bonds. The minimum Gasteiger partial charge on any atom is -0.550 e. The summed E-state index contributed by atoms with van der Waals surface area (Å²) in [5.41, 5.74) is 2.33. The molecule has 1 saturated heterocycles. The van der Waals surface area contributed by atoms with Crippen LogP contribution in [0.3, 0.4) is 0 Å². The van der Waals surface area contributed by atoms with Crippen molar-refractivity contribution < 1.29 is 19.2 Å². The largest absolute Gasteiger partial charge is 0.550 e. The first-order valence-electron chi connectivity index (χ1n) is 10.9. The first-order chi connectivity index (χ1) is 15.0. The maximum absolute atomic E-state index is 8.89. The number of fused-ring (bicyclic) bond motifs is 5. The number of pyridine rings is 1. The molecule has 0 atom stereocenters. The highest BCUT2D eigenvalue weighted by molar-refractivity contribution is 6.19. The third-order valence-corrected chi connectivity index (χ3v) is 5.91. The highest BCUT2D eigenvalue weighted by Crippen LogP contribution is 2.33. The molecule has 2 aromatic carbocycles. The average Bonchev–Trinajstić information content (AvgIpc) is 3.16. The molecule has 1 aliphatic heterocycles. The van der Waals surface area contributed by atoms with Crippen LogP contribution >= 0.6 is 0 Å². The predicted octanol–water partition coefficient (Wildman–Crippen LogP) is 3.01. The Labute approximate surface area is 182 Å². The van der Waals surface area contributed by atoms with Gasteiger partial charge in [-0.15, -0.1) is 0 Å². The van der Waals surface area contributed by atoms with Crippen LogP contribution in [0.15, 0.2) is 48.8 Å². The van der Waals surface area contributed by atoms with Gasteiger partial charge in [0.1, 0.15) is 5.75 Å². The van der Waals surface area contributed by atoms with Crippen LogP contribution < -0.4 is 14.4 Å². The molecule has 5 rings (SSSR count). The minimum atomic E-state index is -1.08. The molecular formula is C25H29N3O3. The van der Waals surface area contributed by atoms with Gasteiger partial charge in [0.25, 0.3) is 0 Å². The number of nitrogens with one attached hydrogen (secondary N) is 1. The van der Waals surface area contributed by atoms with Crippen LogP contribution in [-0.2, 0) is 11.3 Å². The molecule has 6 nitrogen and oxygen atoms in total. The first-order valence-corrected chi connectivity index (χ1v) is 10.9. The maximum Gasteiger partial charge on any atom is 0.177 e. The molecule has 0 bridgehead atoms. The number of carbonyl (C=O) groups excluding carboxylic acids is 1. The quantitative estimate of drug-likeness (QED) is 0.516. The van der Waals surface area contributed by atoms with Gasteiger partial charge in [-0.3, -0.25) is 4.90 Å². The maximum atomic E-state index is 8.89. The molecule has 31 heavy (non-hydrogen) atoms. The lowest BCUT2D eigenvalue weighted by molar-refractivity contribution is -0.695. The number of methoxy groups -OCH3 is 1. The van der Waals surface area contributed by atoms with E-state index in [1.54, 1.807) is 7.11 Å². The molecule has 0 radical (unpaired) electrons. The van der Waals surface area contributed by atoms with Crippen molar-refractivity contribution in [2.75, 3.05) is 26.7 Å². The lowest BCUT2D eigenvalue weighted by Crippen LogP contribution is -2.41. The van der Waals surface area contributed by atoms with E-state index in [1.807, 2.05) is 6.07 Å². The van der Waals surface area contributed by atoms with Crippen LogP contribution in [0.4, 0.5) is 0 Å². The Morgan fingerprint density at radius 3 is 2.58 bits per heavy atom. The fourth-order valence-corrected chi connectivity index (χ4v) is 4.39. The summed E-state index contributed by atoms with van der Waals surface area (Å²) in [5.74, 6) is -0.186. The van der Waals surface area contributed by atoms with Crippen molar-refractivity contribution in [3.05, 3.63) is 48.8 Å². The lowest BCUT2D eigenvalue weighted by atomic mass is 10.1. The second kappa shape index (κ2) is 9.35. The zero-order chi connectivity index (χ0) is 21.8. The molecule has 0 spiro atoms. The van der Waals surface area contributed by atoms with Crippen molar-refractivity contribution in [3.8, 4) is 5.75 Å². The van der Waals surface area contributed by atoms with Crippen molar-refractivity contribution in [2.24, 2.45) is 0 Å². The number of likely N-dealkylation sites (tertiary alicyclic amines) is 1. The fourth-order valence-electron chi connectivity index (χ4n) is 4.39. The Bertz CT molecular complexity index is 1210. The molecule has 1 fully saturated rings. The summed E-state index contributed by atoms with van der Waals surface area (Å²) in [7, 11) is 1.72. The molecule has 0 unspecified atom stereocenters. The summed E-state index contributed by atoms with van der Waals surface area (Å²) in [6.07, 6.45) is 8.61. The fraction of sp³-hybridized carbons (Fsp3) is 0.360. The number of aliphatic carboxylic acids is 1. The predicted molar refractivity (Wildman–Crippen MR) is 121 cm³/mol. The molecule has 1 N–H and O–H groups in total. The van der Waals surface area contributed by atoms with Crippen molar-refractivity contribution in [3.63, 3.8) is 0 Å². The van der Waals surface area contributed by atoms with Crippen molar-refractivity contribution in [1.29, 1.82) is 0 Å². The standard InChI is InChI=1S/C23H25N3O.C2H4O2/c1-27-18-6-8-21-19(15-18)23-20-16-26(14-13-25-10-3-2-4-11-25)12-9-17(20)5-7-22(23)24-21;1-2(3)4/h5-9,12,15-16H,2-4,10-11,13-14H2,1H3;1H3,(H,3,4). The monoisotopic (exact) mass is 419 g/mol. The van der Waals surface area contributed by atoms with E-state index in [0.29, 0.717) is 0 Å². The van der Waals surface area contributed by atoms with Crippen LogP contribution in [0.25, 0.3) is 32.6 Å². The lowest BCUT2D eigenvalue weighted by Gasteiger charge is -2.24. The van der Waals surface area contributed by atoms with E-state index >= 15 is 0 Å². The van der Waals surface area contributed by atoms with E-state index in [1.165, 1.54) is 59.4 Å². The van der Waals surface area contributed by atoms with Crippen LogP contribution in [0.5, 0.6) is 5.75 Å². The molecule has 6 heteroatoms. The second-order valence-electron chi connectivity index (χ2n) is 8.10. The Hall–Kier alpha value is -3.12. The van der Waals surface area contributed by atoms with Crippen LogP contribution in [0.1, 0.15) is 26.2 Å². The van der Waals surface area contributed by atoms with Gasteiger partial charge in [0, 0.05) is 33.8 Å². The van der Waals surface area contributed by atoms with Gasteiger partial charge in [0.05, 0.1) is 19.0 Å². The second-order valence-corrected chi connectivity index (χ2v) is 8.10. The Morgan fingerprint density at radius 1 is 1.10 bits per heavy atom. The topological polar surface area (TPSA) is 72.3 Å². The van der Waals surface area contributed by atoms with Gasteiger partial charge in [-0.1, -0.05) is 12.5 Å². The summed E-state index contributed by atoms with van der Waals surface area (Å²) in [6.45, 7) is 5.65. The molecule has 4 aromatic rings. The zero-order valence-corrected chi connectivity index (χ0v) is 18.2. The van der Waals surface area contributed by atoms with E-state index in [-0.39, 0.29) is 0 Å². The summed E-state index contributed by atoms with van der Waals surface area (Å²) >= 11 is 0. The van der Waals surface area contributed by atoms with Gasteiger partial charge >= 0.3 is 0 Å². The number of nitrogens with zero attached hydrogens (tertiary/aromatic N) is 2.